The van der Waals surface area contributed by atoms with Crippen molar-refractivity contribution in [1.29, 1.82) is 0 Å². The van der Waals surface area contributed by atoms with Crippen LogP contribution in [0.15, 0.2) is 72.8 Å². The maximum atomic E-state index is 14.0. The minimum atomic E-state index is -5.06. The quantitative estimate of drug-likeness (QED) is 0.244. The number of halogens is 7. The van der Waals surface area contributed by atoms with E-state index < -0.39 is 52.1 Å². The predicted molar refractivity (Wildman–Crippen MR) is 127 cm³/mol. The minimum absolute atomic E-state index is 0.0285. The molecule has 3 aromatic carbocycles. The molecule has 2 fully saturated rings. The van der Waals surface area contributed by atoms with Crippen molar-refractivity contribution in [1.82, 2.24) is 4.90 Å². The first-order valence-electron chi connectivity index (χ1n) is 12.3. The molecule has 2 aliphatic heterocycles. The van der Waals surface area contributed by atoms with Crippen molar-refractivity contribution in [3.63, 3.8) is 0 Å². The predicted octanol–water partition coefficient (Wildman–Crippen LogP) is 8.02. The number of fused-ring (bicyclic) bond motifs is 2. The van der Waals surface area contributed by atoms with Crippen LogP contribution in [0.25, 0.3) is 0 Å². The molecule has 200 valence electrons. The van der Waals surface area contributed by atoms with Gasteiger partial charge in [0.2, 0.25) is 0 Å². The number of carbonyl (C=O) groups excluding carboxylic acids is 1. The van der Waals surface area contributed by atoms with Crippen LogP contribution in [-0.4, -0.2) is 16.7 Å². The van der Waals surface area contributed by atoms with Crippen LogP contribution in [0.2, 0.25) is 0 Å². The molecule has 0 spiro atoms. The molecule has 9 heteroatoms. The highest BCUT2D eigenvalue weighted by Crippen LogP contribution is 2.55. The monoisotopic (exact) mass is 535 g/mol. The van der Waals surface area contributed by atoms with Gasteiger partial charge in [-0.3, -0.25) is 9.69 Å². The smallest absolute Gasteiger partial charge is 0.294 e. The summed E-state index contributed by atoms with van der Waals surface area (Å²) in [6, 6.07) is 16.2. The highest BCUT2D eigenvalue weighted by molar-refractivity contribution is 5.99. The van der Waals surface area contributed by atoms with Gasteiger partial charge in [0, 0.05) is 24.1 Å². The van der Waals surface area contributed by atoms with Gasteiger partial charge in [-0.15, -0.1) is 0 Å². The number of ketones is 1. The third-order valence-corrected chi connectivity index (χ3v) is 7.91. The summed E-state index contributed by atoms with van der Waals surface area (Å²) in [6.45, 7) is 0.434. The first-order valence-corrected chi connectivity index (χ1v) is 12.3. The Kier molecular flexibility index (Phi) is 6.62. The van der Waals surface area contributed by atoms with Gasteiger partial charge in [-0.2, -0.15) is 26.3 Å². The van der Waals surface area contributed by atoms with E-state index in [-0.39, 0.29) is 12.1 Å². The Morgan fingerprint density at radius 2 is 1.42 bits per heavy atom. The van der Waals surface area contributed by atoms with Crippen molar-refractivity contribution in [2.24, 2.45) is 5.92 Å². The Morgan fingerprint density at radius 1 is 0.816 bits per heavy atom. The van der Waals surface area contributed by atoms with Gasteiger partial charge in [-0.1, -0.05) is 42.5 Å². The van der Waals surface area contributed by atoms with Crippen molar-refractivity contribution in [3.05, 3.63) is 106 Å². The van der Waals surface area contributed by atoms with Gasteiger partial charge >= 0.3 is 12.4 Å². The van der Waals surface area contributed by atoms with Crippen molar-refractivity contribution in [2.75, 3.05) is 0 Å². The highest BCUT2D eigenvalue weighted by Gasteiger charge is 2.57. The fraction of sp³-hybridized carbons (Fsp3) is 0.345. The zero-order chi connectivity index (χ0) is 27.3. The molecule has 0 N–H and O–H groups in total. The fourth-order valence-electron chi connectivity index (χ4n) is 6.23. The highest BCUT2D eigenvalue weighted by atomic mass is 19.4. The molecule has 0 amide bonds. The van der Waals surface area contributed by atoms with Crippen LogP contribution >= 0.6 is 0 Å². The molecule has 2 heterocycles. The number of nitrogens with zero attached hydrogens (tertiary/aromatic N) is 1. The van der Waals surface area contributed by atoms with Gasteiger partial charge in [-0.05, 0) is 67.1 Å². The molecule has 3 aromatic rings. The lowest BCUT2D eigenvalue weighted by Crippen LogP contribution is -2.55. The van der Waals surface area contributed by atoms with Crippen LogP contribution in [-0.2, 0) is 24.4 Å². The maximum absolute atomic E-state index is 14.0. The number of carbonyl (C=O) groups is 1. The second-order valence-electron chi connectivity index (χ2n) is 10.0. The SMILES string of the molecule is O=C(c1cc(C(F)(F)F)cc(C(F)(F)F)c1)C1CCC2CCC1(c1ccc(F)cc1)N2Cc1ccccc1. The summed E-state index contributed by atoms with van der Waals surface area (Å²) in [7, 11) is 0. The van der Waals surface area contributed by atoms with Crippen molar-refractivity contribution in [3.8, 4) is 0 Å². The molecule has 2 aliphatic rings. The van der Waals surface area contributed by atoms with E-state index in [0.29, 0.717) is 49.9 Å². The maximum Gasteiger partial charge on any atom is 0.416 e. The summed E-state index contributed by atoms with van der Waals surface area (Å²) in [6.07, 6.45) is -8.09. The Morgan fingerprint density at radius 3 is 2.00 bits per heavy atom. The van der Waals surface area contributed by atoms with E-state index in [4.69, 9.17) is 0 Å². The van der Waals surface area contributed by atoms with E-state index in [2.05, 4.69) is 4.90 Å². The second-order valence-corrected chi connectivity index (χ2v) is 10.0. The number of hydrogen-bond donors (Lipinski definition) is 0. The summed E-state index contributed by atoms with van der Waals surface area (Å²) in [5.74, 6) is -2.18. The number of benzene rings is 3. The molecule has 2 saturated heterocycles. The van der Waals surface area contributed by atoms with E-state index in [9.17, 15) is 35.5 Å². The van der Waals surface area contributed by atoms with E-state index in [0.717, 1.165) is 5.56 Å². The summed E-state index contributed by atoms with van der Waals surface area (Å²) in [5.41, 5.74) is -3.09. The zero-order valence-corrected chi connectivity index (χ0v) is 20.1. The molecular formula is C29H24F7NO. The topological polar surface area (TPSA) is 20.3 Å². The van der Waals surface area contributed by atoms with Gasteiger partial charge in [0.15, 0.2) is 5.78 Å². The first kappa shape index (κ1) is 26.4. The Labute approximate surface area is 215 Å². The Hall–Kier alpha value is -3.20. The molecule has 2 nitrogen and oxygen atoms in total. The lowest BCUT2D eigenvalue weighted by atomic mass is 9.69. The van der Waals surface area contributed by atoms with Crippen molar-refractivity contribution in [2.45, 2.75) is 56.2 Å². The van der Waals surface area contributed by atoms with Gasteiger partial charge in [0.25, 0.3) is 0 Å². The fourth-order valence-corrected chi connectivity index (χ4v) is 6.23. The van der Waals surface area contributed by atoms with Crippen LogP contribution in [0.3, 0.4) is 0 Å². The summed E-state index contributed by atoms with van der Waals surface area (Å²) in [5, 5.41) is 0. The molecule has 0 aromatic heterocycles. The number of alkyl halides is 6. The van der Waals surface area contributed by atoms with E-state index in [1.54, 1.807) is 12.1 Å². The van der Waals surface area contributed by atoms with E-state index in [1.165, 1.54) is 12.1 Å². The molecule has 0 radical (unpaired) electrons. The van der Waals surface area contributed by atoms with Crippen LogP contribution in [0, 0.1) is 11.7 Å². The van der Waals surface area contributed by atoms with Gasteiger partial charge < -0.3 is 0 Å². The van der Waals surface area contributed by atoms with E-state index >= 15 is 0 Å². The zero-order valence-electron chi connectivity index (χ0n) is 20.1. The third-order valence-electron chi connectivity index (χ3n) is 7.91. The van der Waals surface area contributed by atoms with Gasteiger partial charge in [-0.25, -0.2) is 4.39 Å². The van der Waals surface area contributed by atoms with Crippen LogP contribution in [0.5, 0.6) is 0 Å². The van der Waals surface area contributed by atoms with Gasteiger partial charge in [0.1, 0.15) is 5.82 Å². The standard InChI is InChI=1S/C29H24F7NO/c30-23-8-6-20(7-9-23)27-13-12-24(37(27)17-18-4-2-1-3-5-18)10-11-25(27)26(38)19-14-21(28(31,32)33)16-22(15-19)29(34,35)36/h1-9,14-16,24-25H,10-13,17H2. The molecular weight excluding hydrogens is 511 g/mol. The molecule has 0 saturated carbocycles. The van der Waals surface area contributed by atoms with Crippen LogP contribution < -0.4 is 0 Å². The molecule has 38 heavy (non-hydrogen) atoms. The minimum Gasteiger partial charge on any atom is -0.294 e. The van der Waals surface area contributed by atoms with Gasteiger partial charge in [0.05, 0.1) is 16.7 Å². The lowest BCUT2D eigenvalue weighted by molar-refractivity contribution is -0.143. The van der Waals surface area contributed by atoms with Crippen LogP contribution in [0.4, 0.5) is 30.7 Å². The largest absolute Gasteiger partial charge is 0.416 e. The number of rotatable bonds is 5. The van der Waals surface area contributed by atoms with Crippen LogP contribution in [0.1, 0.15) is 58.3 Å². The lowest BCUT2D eigenvalue weighted by Gasteiger charge is -2.50. The number of Topliss-reactive ketones (excluding diaryl/α,β-unsaturated/α-hetero) is 1. The van der Waals surface area contributed by atoms with Crippen molar-refractivity contribution < 1.29 is 35.5 Å². The molecule has 5 rings (SSSR count). The second kappa shape index (κ2) is 9.52. The average molecular weight is 536 g/mol. The molecule has 0 aliphatic carbocycles. The number of piperidine rings is 1. The molecule has 2 bridgehead atoms. The Bertz CT molecular complexity index is 1290. The molecule has 3 unspecified atom stereocenters. The first-order chi connectivity index (χ1) is 17.9. The average Bonchev–Trinajstić information content (AvgIpc) is 3.09. The summed E-state index contributed by atoms with van der Waals surface area (Å²) in [4.78, 5) is 16.1. The summed E-state index contributed by atoms with van der Waals surface area (Å²) < 4.78 is 95.2. The van der Waals surface area contributed by atoms with E-state index in [1.807, 2.05) is 30.3 Å². The van der Waals surface area contributed by atoms with Crippen molar-refractivity contribution >= 4 is 5.78 Å². The number of hydrogen-bond acceptors (Lipinski definition) is 2. The normalized spacial score (nSPS) is 24.0. The third kappa shape index (κ3) is 4.72. The molecule has 3 atom stereocenters. The summed E-state index contributed by atoms with van der Waals surface area (Å²) >= 11 is 0. The Balaban J connectivity index is 1.64.